The second-order valence-electron chi connectivity index (χ2n) is 7.26. The first-order chi connectivity index (χ1) is 8.98. The highest BCUT2D eigenvalue weighted by atomic mass is 16.3. The average Bonchev–Trinajstić information content (AvgIpc) is 2.36. The number of nitrogens with zero attached hydrogens (tertiary/aromatic N) is 1. The van der Waals surface area contributed by atoms with Gasteiger partial charge in [0.05, 0.1) is 5.60 Å². The van der Waals surface area contributed by atoms with Gasteiger partial charge in [0.25, 0.3) is 0 Å². The predicted octanol–water partition coefficient (Wildman–Crippen LogP) is 2.25. The van der Waals surface area contributed by atoms with Gasteiger partial charge in [0.2, 0.25) is 0 Å². The van der Waals surface area contributed by atoms with Crippen LogP contribution in [-0.4, -0.2) is 48.3 Å². The molecule has 1 saturated heterocycles. The topological polar surface area (TPSA) is 35.5 Å². The molecular formula is C16H32N2O. The zero-order valence-electron chi connectivity index (χ0n) is 13.0. The van der Waals surface area contributed by atoms with E-state index in [1.54, 1.807) is 0 Å². The SMILES string of the molecule is CC1CCCC(O)(CNC(C)C2CCCN(C)C2)C1. The molecule has 2 aliphatic rings. The Morgan fingerprint density at radius 2 is 2.16 bits per heavy atom. The highest BCUT2D eigenvalue weighted by Gasteiger charge is 2.33. The van der Waals surface area contributed by atoms with Crippen LogP contribution in [-0.2, 0) is 0 Å². The van der Waals surface area contributed by atoms with E-state index in [4.69, 9.17) is 0 Å². The van der Waals surface area contributed by atoms with Crippen LogP contribution in [0.15, 0.2) is 0 Å². The fraction of sp³-hybridized carbons (Fsp3) is 1.00. The first-order valence-corrected chi connectivity index (χ1v) is 8.13. The summed E-state index contributed by atoms with van der Waals surface area (Å²) in [5.74, 6) is 1.42. The lowest BCUT2D eigenvalue weighted by atomic mass is 9.78. The predicted molar refractivity (Wildman–Crippen MR) is 80.3 cm³/mol. The minimum Gasteiger partial charge on any atom is -0.389 e. The summed E-state index contributed by atoms with van der Waals surface area (Å²) in [5, 5.41) is 14.3. The van der Waals surface area contributed by atoms with Crippen LogP contribution in [0, 0.1) is 11.8 Å². The zero-order valence-corrected chi connectivity index (χ0v) is 13.0. The Bertz CT molecular complexity index is 284. The molecule has 0 radical (unpaired) electrons. The fourth-order valence-electron chi connectivity index (χ4n) is 3.92. The van der Waals surface area contributed by atoms with E-state index in [1.807, 2.05) is 0 Å². The Hall–Kier alpha value is -0.120. The molecule has 1 aliphatic carbocycles. The van der Waals surface area contributed by atoms with Crippen LogP contribution in [0.25, 0.3) is 0 Å². The van der Waals surface area contributed by atoms with Crippen molar-refractivity contribution >= 4 is 0 Å². The standard InChI is InChI=1S/C16H32N2O/c1-13-6-4-8-16(19,10-13)12-17-14(2)15-7-5-9-18(3)11-15/h13-15,17,19H,4-12H2,1-3H3. The molecule has 0 spiro atoms. The summed E-state index contributed by atoms with van der Waals surface area (Å²) in [6, 6.07) is 0.518. The first kappa shape index (κ1) is 15.3. The van der Waals surface area contributed by atoms with E-state index in [0.717, 1.165) is 25.3 Å². The molecule has 2 fully saturated rings. The molecule has 0 amide bonds. The van der Waals surface area contributed by atoms with Crippen LogP contribution >= 0.6 is 0 Å². The van der Waals surface area contributed by atoms with Gasteiger partial charge in [0, 0.05) is 19.1 Å². The van der Waals surface area contributed by atoms with Gasteiger partial charge in [0.1, 0.15) is 0 Å². The summed E-state index contributed by atoms with van der Waals surface area (Å²) >= 11 is 0. The Morgan fingerprint density at radius 1 is 1.37 bits per heavy atom. The lowest BCUT2D eigenvalue weighted by molar-refractivity contribution is -0.0155. The third-order valence-electron chi connectivity index (χ3n) is 5.19. The molecule has 0 aromatic heterocycles. The summed E-state index contributed by atoms with van der Waals surface area (Å²) in [7, 11) is 2.22. The fourth-order valence-corrected chi connectivity index (χ4v) is 3.92. The summed E-state index contributed by atoms with van der Waals surface area (Å²) in [4.78, 5) is 2.43. The van der Waals surface area contributed by atoms with E-state index >= 15 is 0 Å². The zero-order chi connectivity index (χ0) is 13.9. The summed E-state index contributed by atoms with van der Waals surface area (Å²) in [6.07, 6.45) is 7.05. The molecule has 2 rings (SSSR count). The average molecular weight is 268 g/mol. The van der Waals surface area contributed by atoms with Crippen molar-refractivity contribution in [2.45, 2.75) is 64.0 Å². The van der Waals surface area contributed by atoms with Gasteiger partial charge in [-0.2, -0.15) is 0 Å². The Kier molecular flexibility index (Phi) is 5.27. The van der Waals surface area contributed by atoms with Crippen molar-refractivity contribution in [3.63, 3.8) is 0 Å². The third-order valence-corrected chi connectivity index (χ3v) is 5.19. The molecule has 1 aliphatic heterocycles. The number of rotatable bonds is 4. The molecule has 4 unspecified atom stereocenters. The van der Waals surface area contributed by atoms with Crippen LogP contribution in [0.2, 0.25) is 0 Å². The smallest absolute Gasteiger partial charge is 0.0774 e. The minimum atomic E-state index is -0.452. The van der Waals surface area contributed by atoms with E-state index in [2.05, 4.69) is 31.1 Å². The molecule has 19 heavy (non-hydrogen) atoms. The van der Waals surface area contributed by atoms with E-state index in [-0.39, 0.29) is 0 Å². The largest absolute Gasteiger partial charge is 0.389 e. The van der Waals surface area contributed by atoms with Gasteiger partial charge in [-0.15, -0.1) is 0 Å². The summed E-state index contributed by atoms with van der Waals surface area (Å²) < 4.78 is 0. The normalized spacial score (nSPS) is 39.2. The molecule has 0 aromatic rings. The van der Waals surface area contributed by atoms with Crippen LogP contribution < -0.4 is 5.32 Å². The number of hydrogen-bond acceptors (Lipinski definition) is 3. The van der Waals surface area contributed by atoms with Gasteiger partial charge < -0.3 is 15.3 Å². The van der Waals surface area contributed by atoms with Crippen molar-refractivity contribution in [1.82, 2.24) is 10.2 Å². The van der Waals surface area contributed by atoms with E-state index < -0.39 is 5.60 Å². The Morgan fingerprint density at radius 3 is 2.84 bits per heavy atom. The van der Waals surface area contributed by atoms with Gasteiger partial charge in [0.15, 0.2) is 0 Å². The van der Waals surface area contributed by atoms with Crippen LogP contribution in [0.1, 0.15) is 52.4 Å². The lowest BCUT2D eigenvalue weighted by Crippen LogP contribution is -2.50. The molecular weight excluding hydrogens is 236 g/mol. The highest BCUT2D eigenvalue weighted by Crippen LogP contribution is 2.32. The van der Waals surface area contributed by atoms with Crippen molar-refractivity contribution in [1.29, 1.82) is 0 Å². The van der Waals surface area contributed by atoms with E-state index in [0.29, 0.717) is 12.0 Å². The van der Waals surface area contributed by atoms with Crippen molar-refractivity contribution in [3.8, 4) is 0 Å². The molecule has 2 N–H and O–H groups in total. The maximum atomic E-state index is 10.7. The van der Waals surface area contributed by atoms with Crippen molar-refractivity contribution in [2.24, 2.45) is 11.8 Å². The second kappa shape index (κ2) is 6.55. The van der Waals surface area contributed by atoms with Gasteiger partial charge in [-0.1, -0.05) is 19.8 Å². The molecule has 0 bridgehead atoms. The number of aliphatic hydroxyl groups is 1. The lowest BCUT2D eigenvalue weighted by Gasteiger charge is -2.39. The van der Waals surface area contributed by atoms with Gasteiger partial charge in [-0.3, -0.25) is 0 Å². The second-order valence-corrected chi connectivity index (χ2v) is 7.26. The number of piperidine rings is 1. The van der Waals surface area contributed by atoms with Crippen LogP contribution in [0.3, 0.4) is 0 Å². The van der Waals surface area contributed by atoms with Crippen molar-refractivity contribution in [2.75, 3.05) is 26.7 Å². The van der Waals surface area contributed by atoms with Crippen molar-refractivity contribution in [3.05, 3.63) is 0 Å². The highest BCUT2D eigenvalue weighted by molar-refractivity contribution is 4.89. The van der Waals surface area contributed by atoms with Crippen LogP contribution in [0.5, 0.6) is 0 Å². The monoisotopic (exact) mass is 268 g/mol. The summed E-state index contributed by atoms with van der Waals surface area (Å²) in [6.45, 7) is 7.77. The Balaban J connectivity index is 1.77. The molecule has 1 heterocycles. The number of likely N-dealkylation sites (tertiary alicyclic amines) is 1. The third kappa shape index (κ3) is 4.44. The van der Waals surface area contributed by atoms with Crippen molar-refractivity contribution < 1.29 is 5.11 Å². The number of hydrogen-bond donors (Lipinski definition) is 2. The first-order valence-electron chi connectivity index (χ1n) is 8.13. The molecule has 3 heteroatoms. The van der Waals surface area contributed by atoms with Gasteiger partial charge in [-0.25, -0.2) is 0 Å². The number of nitrogens with one attached hydrogen (secondary N) is 1. The van der Waals surface area contributed by atoms with Gasteiger partial charge >= 0.3 is 0 Å². The van der Waals surface area contributed by atoms with Gasteiger partial charge in [-0.05, 0) is 58.0 Å². The Labute approximate surface area is 118 Å². The maximum absolute atomic E-state index is 10.7. The minimum absolute atomic E-state index is 0.452. The molecule has 4 atom stereocenters. The molecule has 3 nitrogen and oxygen atoms in total. The van der Waals surface area contributed by atoms with E-state index in [9.17, 15) is 5.11 Å². The summed E-state index contributed by atoms with van der Waals surface area (Å²) in [5.41, 5.74) is -0.452. The maximum Gasteiger partial charge on any atom is 0.0774 e. The van der Waals surface area contributed by atoms with E-state index in [1.165, 1.54) is 38.8 Å². The molecule has 1 saturated carbocycles. The molecule has 0 aromatic carbocycles. The molecule has 112 valence electrons. The van der Waals surface area contributed by atoms with Crippen LogP contribution in [0.4, 0.5) is 0 Å². The quantitative estimate of drug-likeness (QED) is 0.821.